The monoisotopic (exact) mass is 909 g/mol. The maximum Gasteiger partial charge on any atom is 0.0252 e. The summed E-state index contributed by atoms with van der Waals surface area (Å²) in [5.74, 6) is 11.0. The van der Waals surface area contributed by atoms with Gasteiger partial charge in [-0.05, 0) is 251 Å². The number of nitrogens with one attached hydrogen (secondary N) is 6. The lowest BCUT2D eigenvalue weighted by Gasteiger charge is -2.51. The fraction of sp³-hybridized carbons (Fsp3) is 1.00. The summed E-state index contributed by atoms with van der Waals surface area (Å²) in [4.78, 5) is 6.61. The highest BCUT2D eigenvalue weighted by Gasteiger charge is 2.59. The topological polar surface area (TPSA) is 78.7 Å². The number of nitrogens with zero attached hydrogens (tertiary/aromatic N) is 2. The Morgan fingerprint density at radius 1 is 0.318 bits per heavy atom. The van der Waals surface area contributed by atoms with E-state index in [1.807, 2.05) is 0 Å². The normalized spacial score (nSPS) is 54.8. The smallest absolute Gasteiger partial charge is 0.0252 e. The summed E-state index contributed by atoms with van der Waals surface area (Å²) in [5, 5.41) is 15.9. The molecule has 20 unspecified atom stereocenters. The van der Waals surface area contributed by atoms with Crippen molar-refractivity contribution in [2.75, 3.05) is 26.2 Å². The van der Waals surface area contributed by atoms with Gasteiger partial charge in [0, 0.05) is 72.5 Å². The van der Waals surface area contributed by atoms with Gasteiger partial charge in [0.05, 0.1) is 0 Å². The number of hydrogen-bond donors (Lipinski definition) is 6. The lowest BCUT2D eigenvalue weighted by atomic mass is 9.63. The fourth-order valence-electron chi connectivity index (χ4n) is 21.8. The van der Waals surface area contributed by atoms with E-state index < -0.39 is 0 Å². The van der Waals surface area contributed by atoms with E-state index in [0.717, 1.165) is 131 Å². The van der Waals surface area contributed by atoms with Gasteiger partial charge in [-0.1, -0.05) is 39.5 Å². The van der Waals surface area contributed by atoms with Crippen LogP contribution in [0.4, 0.5) is 0 Å². The average molecular weight is 909 g/mol. The maximum absolute atomic E-state index is 4.19. The fourth-order valence-corrected chi connectivity index (χ4v) is 21.8. The van der Waals surface area contributed by atoms with Crippen molar-refractivity contribution in [2.45, 2.75) is 266 Å². The van der Waals surface area contributed by atoms with Crippen molar-refractivity contribution >= 4 is 0 Å². The molecule has 13 aliphatic rings. The molecule has 0 aromatic rings. The molecule has 6 saturated carbocycles. The zero-order valence-electron chi connectivity index (χ0n) is 42.4. The highest BCUT2D eigenvalue weighted by molar-refractivity contribution is 5.12. The number of fused-ring (bicyclic) bond motifs is 8. The molecule has 0 amide bonds. The van der Waals surface area contributed by atoms with Gasteiger partial charge < -0.3 is 21.3 Å². The Balaban J connectivity index is 0.626. The van der Waals surface area contributed by atoms with E-state index in [-0.39, 0.29) is 0 Å². The number of hydrazine groups is 1. The largest absolute Gasteiger partial charge is 0.312 e. The van der Waals surface area contributed by atoms with Crippen LogP contribution in [0.25, 0.3) is 0 Å². The number of rotatable bonds is 6. The third-order valence-electron chi connectivity index (χ3n) is 24.3. The average Bonchev–Trinajstić information content (AvgIpc) is 3.90. The molecule has 6 N–H and O–H groups in total. The van der Waals surface area contributed by atoms with Gasteiger partial charge in [-0.15, -0.1) is 0 Å². The molecule has 0 aromatic heterocycles. The first-order valence-electron chi connectivity index (χ1n) is 30.5. The Morgan fingerprint density at radius 3 is 1.20 bits per heavy atom. The van der Waals surface area contributed by atoms with E-state index in [2.05, 4.69) is 55.8 Å². The molecular formula is C58H100N8. The van der Waals surface area contributed by atoms with Gasteiger partial charge in [0.2, 0.25) is 0 Å². The minimum Gasteiger partial charge on any atom is -0.312 e. The van der Waals surface area contributed by atoms with Crippen LogP contribution in [-0.2, 0) is 0 Å². The molecular weight excluding hydrogens is 809 g/mol. The zero-order chi connectivity index (χ0) is 43.9. The second kappa shape index (κ2) is 19.6. The Labute approximate surface area is 403 Å². The van der Waals surface area contributed by atoms with Gasteiger partial charge in [-0.2, -0.15) is 0 Å². The third-order valence-corrected chi connectivity index (χ3v) is 24.3. The molecule has 13 rings (SSSR count). The molecule has 13 fully saturated rings. The van der Waals surface area contributed by atoms with Crippen molar-refractivity contribution in [1.29, 1.82) is 0 Å². The van der Waals surface area contributed by atoms with Crippen LogP contribution in [-0.4, -0.2) is 108 Å². The lowest BCUT2D eigenvalue weighted by molar-refractivity contribution is -0.000507. The second-order valence-corrected chi connectivity index (χ2v) is 27.1. The quantitative estimate of drug-likeness (QED) is 0.158. The summed E-state index contributed by atoms with van der Waals surface area (Å²) < 4.78 is 0. The molecule has 66 heavy (non-hydrogen) atoms. The molecule has 0 aromatic carbocycles. The van der Waals surface area contributed by atoms with Crippen molar-refractivity contribution < 1.29 is 0 Å². The Hall–Kier alpha value is -0.320. The number of hydrogen-bond acceptors (Lipinski definition) is 8. The molecule has 8 heteroatoms. The summed E-state index contributed by atoms with van der Waals surface area (Å²) in [5.41, 5.74) is 8.37. The van der Waals surface area contributed by atoms with Crippen molar-refractivity contribution in [2.24, 2.45) is 71.0 Å². The Kier molecular flexibility index (Phi) is 13.5. The van der Waals surface area contributed by atoms with Crippen LogP contribution in [0.1, 0.15) is 194 Å². The summed E-state index contributed by atoms with van der Waals surface area (Å²) in [6.07, 6.45) is 41.1. The van der Waals surface area contributed by atoms with Crippen molar-refractivity contribution in [3.05, 3.63) is 0 Å². The minimum atomic E-state index is 0.677. The van der Waals surface area contributed by atoms with Crippen molar-refractivity contribution in [3.8, 4) is 0 Å². The molecule has 6 aliphatic carbocycles. The Morgan fingerprint density at radius 2 is 0.758 bits per heavy atom. The summed E-state index contributed by atoms with van der Waals surface area (Å²) in [6, 6.07) is 9.57. The molecule has 7 heterocycles. The minimum absolute atomic E-state index is 0.677. The number of likely N-dealkylation sites (tertiary alicyclic amines) is 2. The van der Waals surface area contributed by atoms with E-state index in [4.69, 9.17) is 0 Å². The van der Waals surface area contributed by atoms with E-state index in [1.54, 1.807) is 0 Å². The predicted octanol–water partition coefficient (Wildman–Crippen LogP) is 9.00. The van der Waals surface area contributed by atoms with Gasteiger partial charge >= 0.3 is 0 Å². The third kappa shape index (κ3) is 8.29. The molecule has 7 aliphatic heterocycles. The summed E-state index contributed by atoms with van der Waals surface area (Å²) >= 11 is 0. The molecule has 0 spiro atoms. The summed E-state index contributed by atoms with van der Waals surface area (Å²) in [6.45, 7) is 10.5. The predicted molar refractivity (Wildman–Crippen MR) is 270 cm³/mol. The van der Waals surface area contributed by atoms with E-state index >= 15 is 0 Å². The van der Waals surface area contributed by atoms with Gasteiger partial charge in [0.15, 0.2) is 0 Å². The molecule has 8 nitrogen and oxygen atoms in total. The first-order chi connectivity index (χ1) is 32.6. The van der Waals surface area contributed by atoms with E-state index in [0.29, 0.717) is 12.1 Å². The lowest BCUT2D eigenvalue weighted by Crippen LogP contribution is -2.61. The highest BCUT2D eigenvalue weighted by atomic mass is 15.4. The molecule has 20 atom stereocenters. The second-order valence-electron chi connectivity index (χ2n) is 27.1. The summed E-state index contributed by atoms with van der Waals surface area (Å²) in [7, 11) is 0. The van der Waals surface area contributed by atoms with Gasteiger partial charge in [-0.25, -0.2) is 0 Å². The van der Waals surface area contributed by atoms with Crippen LogP contribution in [0, 0.1) is 71.0 Å². The SMILES string of the molecule is CC1CC(C2CCC(C3CC(C)C4C(C3)C3CCCCC3N4C3CCC(C4CCNC5CCCNC54)CC3)NN2)CC2C3CCCCC3N(C3CCC(C4CCNC5CCCNC54)CC3)C12. The first-order valence-corrected chi connectivity index (χ1v) is 30.5. The van der Waals surface area contributed by atoms with Crippen LogP contribution >= 0.6 is 0 Å². The highest BCUT2D eigenvalue weighted by Crippen LogP contribution is 2.57. The van der Waals surface area contributed by atoms with Crippen LogP contribution in [0.5, 0.6) is 0 Å². The number of piperidine rings is 4. The van der Waals surface area contributed by atoms with E-state index in [1.165, 1.54) is 206 Å². The van der Waals surface area contributed by atoms with Crippen molar-refractivity contribution in [3.63, 3.8) is 0 Å². The standard InChI is InChI=1S/C58H100N8/c1-35-31-39(33-47-45-9-3-5-13-53(45)65(57(35)47)41-19-15-37(16-20-41)43-25-29-59-51-11-7-27-61-55(43)51)49-23-24-50(64-63-49)40-32-36(2)58-48(34-40)46-10-4-6-14-54(46)66(58)42-21-17-38(18-22-42)44-26-30-60-52-12-8-28-62-56(44)52/h35-64H,3-34H2,1-2H3. The molecule has 0 radical (unpaired) electrons. The van der Waals surface area contributed by atoms with Gasteiger partial charge in [0.1, 0.15) is 0 Å². The van der Waals surface area contributed by atoms with Gasteiger partial charge in [0.25, 0.3) is 0 Å². The van der Waals surface area contributed by atoms with Crippen LogP contribution in [0.3, 0.4) is 0 Å². The van der Waals surface area contributed by atoms with Gasteiger partial charge in [-0.3, -0.25) is 20.7 Å². The van der Waals surface area contributed by atoms with Crippen LogP contribution in [0.2, 0.25) is 0 Å². The van der Waals surface area contributed by atoms with Crippen LogP contribution in [0.15, 0.2) is 0 Å². The first kappa shape index (κ1) is 45.5. The molecule has 0 bridgehead atoms. The van der Waals surface area contributed by atoms with Crippen molar-refractivity contribution in [1.82, 2.24) is 41.9 Å². The Bertz CT molecular complexity index is 1480. The van der Waals surface area contributed by atoms with E-state index in [9.17, 15) is 0 Å². The molecule has 372 valence electrons. The zero-order valence-corrected chi connectivity index (χ0v) is 42.4. The molecule has 7 saturated heterocycles. The van der Waals surface area contributed by atoms with Crippen LogP contribution < -0.4 is 32.1 Å². The maximum atomic E-state index is 4.19.